The first-order valence-electron chi connectivity index (χ1n) is 7.53. The van der Waals surface area contributed by atoms with Gasteiger partial charge in [0.25, 0.3) is 0 Å². The number of hydrogen-bond donors (Lipinski definition) is 1. The molecule has 2 rings (SSSR count). The summed E-state index contributed by atoms with van der Waals surface area (Å²) in [5.74, 6) is 1.70. The van der Waals surface area contributed by atoms with Gasteiger partial charge in [0.05, 0.1) is 6.61 Å². The Balaban J connectivity index is 1.98. The molecule has 1 aromatic rings. The molecule has 0 aromatic heterocycles. The molecule has 1 N–H and O–H groups in total. The molecule has 0 spiro atoms. The van der Waals surface area contributed by atoms with E-state index in [1.807, 2.05) is 19.1 Å². The average molecular weight is 279 g/mol. The Hall–Kier alpha value is -1.26. The lowest BCUT2D eigenvalue weighted by atomic mass is 10.2. The lowest BCUT2D eigenvalue weighted by molar-refractivity contribution is 0.0216. The van der Waals surface area contributed by atoms with Crippen molar-refractivity contribution in [2.24, 2.45) is 0 Å². The number of hydrogen-bond acceptors (Lipinski definition) is 4. The zero-order chi connectivity index (χ0) is 14.2. The molecule has 1 aliphatic rings. The molecule has 0 atom stereocenters. The van der Waals surface area contributed by atoms with Crippen LogP contribution in [0.5, 0.6) is 11.5 Å². The van der Waals surface area contributed by atoms with Crippen LogP contribution >= 0.6 is 0 Å². The third kappa shape index (κ3) is 5.02. The van der Waals surface area contributed by atoms with Crippen LogP contribution in [0.4, 0.5) is 0 Å². The predicted octanol–water partition coefficient (Wildman–Crippen LogP) is 3.10. The molecule has 4 nitrogen and oxygen atoms in total. The molecule has 0 bridgehead atoms. The Morgan fingerprint density at radius 3 is 2.75 bits per heavy atom. The fraction of sp³-hybridized carbons (Fsp3) is 0.625. The Morgan fingerprint density at radius 1 is 1.20 bits per heavy atom. The molecule has 1 aromatic carbocycles. The van der Waals surface area contributed by atoms with E-state index in [0.717, 1.165) is 36.6 Å². The van der Waals surface area contributed by atoms with Crippen LogP contribution in [0.1, 0.15) is 38.7 Å². The van der Waals surface area contributed by atoms with Gasteiger partial charge in [-0.2, -0.15) is 0 Å². The van der Waals surface area contributed by atoms with E-state index in [2.05, 4.69) is 18.3 Å². The van der Waals surface area contributed by atoms with Crippen molar-refractivity contribution in [3.63, 3.8) is 0 Å². The van der Waals surface area contributed by atoms with Crippen LogP contribution in [0, 0.1) is 0 Å². The van der Waals surface area contributed by atoms with Crippen LogP contribution < -0.4 is 14.8 Å². The molecule has 20 heavy (non-hydrogen) atoms. The van der Waals surface area contributed by atoms with Gasteiger partial charge in [0, 0.05) is 30.8 Å². The molecule has 0 amide bonds. The molecule has 4 heteroatoms. The highest BCUT2D eigenvalue weighted by molar-refractivity contribution is 5.40. The van der Waals surface area contributed by atoms with Crippen LogP contribution in [0.25, 0.3) is 0 Å². The highest BCUT2D eigenvalue weighted by Gasteiger charge is 2.20. The topological polar surface area (TPSA) is 39.7 Å². The van der Waals surface area contributed by atoms with Crippen LogP contribution in [0.15, 0.2) is 18.2 Å². The van der Waals surface area contributed by atoms with Crippen molar-refractivity contribution in [3.8, 4) is 11.5 Å². The lowest BCUT2D eigenvalue weighted by Gasteiger charge is -2.14. The van der Waals surface area contributed by atoms with E-state index in [4.69, 9.17) is 14.2 Å². The fourth-order valence-corrected chi connectivity index (χ4v) is 1.86. The van der Waals surface area contributed by atoms with Crippen molar-refractivity contribution in [1.82, 2.24) is 5.32 Å². The molecular weight excluding hydrogens is 254 g/mol. The Morgan fingerprint density at radius 2 is 2.05 bits per heavy atom. The maximum Gasteiger partial charge on any atom is 0.189 e. The first-order chi connectivity index (χ1) is 9.83. The maximum absolute atomic E-state index is 5.71. The zero-order valence-corrected chi connectivity index (χ0v) is 12.5. The van der Waals surface area contributed by atoms with Crippen molar-refractivity contribution in [2.45, 2.75) is 45.7 Å². The summed E-state index contributed by atoms with van der Waals surface area (Å²) >= 11 is 0. The first kappa shape index (κ1) is 15.1. The van der Waals surface area contributed by atoms with Gasteiger partial charge in [0.2, 0.25) is 0 Å². The fourth-order valence-electron chi connectivity index (χ4n) is 1.86. The highest BCUT2D eigenvalue weighted by atomic mass is 16.7. The minimum atomic E-state index is 0.282. The Kier molecular flexibility index (Phi) is 6.15. The monoisotopic (exact) mass is 279 g/mol. The minimum absolute atomic E-state index is 0.282. The minimum Gasteiger partial charge on any atom is -0.493 e. The van der Waals surface area contributed by atoms with E-state index in [0.29, 0.717) is 12.6 Å². The molecule has 112 valence electrons. The van der Waals surface area contributed by atoms with Gasteiger partial charge in [-0.25, -0.2) is 0 Å². The molecule has 1 saturated carbocycles. The van der Waals surface area contributed by atoms with E-state index in [1.165, 1.54) is 12.8 Å². The second-order valence-electron chi connectivity index (χ2n) is 5.03. The average Bonchev–Trinajstić information content (AvgIpc) is 3.28. The summed E-state index contributed by atoms with van der Waals surface area (Å²) in [4.78, 5) is 0. The van der Waals surface area contributed by atoms with E-state index in [9.17, 15) is 0 Å². The molecule has 0 radical (unpaired) electrons. The Bertz CT molecular complexity index is 405. The van der Waals surface area contributed by atoms with Crippen molar-refractivity contribution >= 4 is 0 Å². The van der Waals surface area contributed by atoms with Crippen molar-refractivity contribution in [3.05, 3.63) is 23.8 Å². The van der Waals surface area contributed by atoms with E-state index < -0.39 is 0 Å². The third-order valence-corrected chi connectivity index (χ3v) is 3.17. The standard InChI is InChI=1S/C16H25NO3/c1-3-9-19-15-8-5-13(11-17-14-6-7-14)16(10-15)20-12-18-4-2/h5,8,10,14,17H,3-4,6-7,9,11-12H2,1-2H3. The van der Waals surface area contributed by atoms with Crippen LogP contribution in [0.3, 0.4) is 0 Å². The summed E-state index contributed by atoms with van der Waals surface area (Å²) in [6.45, 7) is 6.55. The van der Waals surface area contributed by atoms with E-state index in [1.54, 1.807) is 0 Å². The van der Waals surface area contributed by atoms with Gasteiger partial charge >= 0.3 is 0 Å². The van der Waals surface area contributed by atoms with Crippen LogP contribution in [0.2, 0.25) is 0 Å². The third-order valence-electron chi connectivity index (χ3n) is 3.17. The summed E-state index contributed by atoms with van der Waals surface area (Å²) in [7, 11) is 0. The van der Waals surface area contributed by atoms with Gasteiger partial charge in [-0.05, 0) is 32.3 Å². The number of nitrogens with one attached hydrogen (secondary N) is 1. The van der Waals surface area contributed by atoms with Crippen molar-refractivity contribution < 1.29 is 14.2 Å². The summed E-state index contributed by atoms with van der Waals surface area (Å²) < 4.78 is 16.6. The maximum atomic E-state index is 5.71. The molecule has 0 saturated heterocycles. The zero-order valence-electron chi connectivity index (χ0n) is 12.5. The van der Waals surface area contributed by atoms with E-state index in [-0.39, 0.29) is 6.79 Å². The summed E-state index contributed by atoms with van der Waals surface area (Å²) in [5.41, 5.74) is 1.15. The SMILES string of the molecule is CCCOc1ccc(CNC2CC2)c(OCOCC)c1. The predicted molar refractivity (Wildman–Crippen MR) is 79.2 cm³/mol. The quantitative estimate of drug-likeness (QED) is 0.528. The second-order valence-corrected chi connectivity index (χ2v) is 5.03. The van der Waals surface area contributed by atoms with Crippen LogP contribution in [-0.4, -0.2) is 26.0 Å². The second kappa shape index (κ2) is 8.12. The number of benzene rings is 1. The van der Waals surface area contributed by atoms with Crippen molar-refractivity contribution in [2.75, 3.05) is 20.0 Å². The molecule has 0 aliphatic heterocycles. The molecule has 0 heterocycles. The normalized spacial score (nSPS) is 14.3. The summed E-state index contributed by atoms with van der Waals surface area (Å²) in [6.07, 6.45) is 3.57. The number of rotatable bonds is 10. The van der Waals surface area contributed by atoms with Gasteiger partial charge in [-0.15, -0.1) is 0 Å². The molecule has 0 unspecified atom stereocenters. The molecule has 1 aliphatic carbocycles. The number of ether oxygens (including phenoxy) is 3. The van der Waals surface area contributed by atoms with Gasteiger partial charge in [-0.3, -0.25) is 0 Å². The largest absolute Gasteiger partial charge is 0.493 e. The lowest BCUT2D eigenvalue weighted by Crippen LogP contribution is -2.16. The van der Waals surface area contributed by atoms with Crippen LogP contribution in [-0.2, 0) is 11.3 Å². The molecule has 1 fully saturated rings. The van der Waals surface area contributed by atoms with Gasteiger partial charge in [-0.1, -0.05) is 13.0 Å². The van der Waals surface area contributed by atoms with Crippen molar-refractivity contribution in [1.29, 1.82) is 0 Å². The van der Waals surface area contributed by atoms with Gasteiger partial charge in [0.1, 0.15) is 11.5 Å². The Labute approximate surface area is 121 Å². The summed E-state index contributed by atoms with van der Waals surface area (Å²) in [5, 5.41) is 3.50. The van der Waals surface area contributed by atoms with Gasteiger partial charge in [0.15, 0.2) is 6.79 Å². The van der Waals surface area contributed by atoms with Gasteiger partial charge < -0.3 is 19.5 Å². The highest BCUT2D eigenvalue weighted by Crippen LogP contribution is 2.27. The first-order valence-corrected chi connectivity index (χ1v) is 7.53. The summed E-state index contributed by atoms with van der Waals surface area (Å²) in [6, 6.07) is 6.72. The van der Waals surface area contributed by atoms with E-state index >= 15 is 0 Å². The molecular formula is C16H25NO3. The smallest absolute Gasteiger partial charge is 0.189 e.